The number of benzene rings is 1. The summed E-state index contributed by atoms with van der Waals surface area (Å²) in [6.45, 7) is 2.14. The number of unbranched alkanes of at least 4 members (excludes halogenated alkanes) is 1. The summed E-state index contributed by atoms with van der Waals surface area (Å²) < 4.78 is 46.7. The maximum Gasteiger partial charge on any atom is 0.422 e. The van der Waals surface area contributed by atoms with Crippen LogP contribution in [-0.4, -0.2) is 51.4 Å². The average Bonchev–Trinajstić information content (AvgIpc) is 2.58. The number of hydrogen-bond donors (Lipinski definition) is 1. The largest absolute Gasteiger partial charge is 0.493 e. The second kappa shape index (κ2) is 12.1. The van der Waals surface area contributed by atoms with E-state index in [0.717, 1.165) is 30.9 Å². The van der Waals surface area contributed by atoms with E-state index in [2.05, 4.69) is 17.2 Å². The molecule has 150 valence electrons. The van der Waals surface area contributed by atoms with Crippen molar-refractivity contribution in [3.8, 4) is 11.5 Å². The van der Waals surface area contributed by atoms with Crippen molar-refractivity contribution in [2.45, 2.75) is 32.5 Å². The van der Waals surface area contributed by atoms with Crippen molar-refractivity contribution in [3.63, 3.8) is 0 Å². The summed E-state index contributed by atoms with van der Waals surface area (Å²) >= 11 is 0. The Hall–Kier alpha value is -1.39. The Morgan fingerprint density at radius 3 is 2.50 bits per heavy atom. The first-order valence-electron chi connectivity index (χ1n) is 8.09. The minimum Gasteiger partial charge on any atom is -0.493 e. The number of nitrogens with one attached hydrogen (secondary N) is 1. The highest BCUT2D eigenvalue weighted by atomic mass is 127. The number of methoxy groups -OCH3 is 1. The Morgan fingerprint density at radius 2 is 1.96 bits per heavy atom. The van der Waals surface area contributed by atoms with Gasteiger partial charge in [-0.25, -0.2) is 0 Å². The van der Waals surface area contributed by atoms with E-state index < -0.39 is 12.8 Å². The summed E-state index contributed by atoms with van der Waals surface area (Å²) in [6.07, 6.45) is -2.23. The Morgan fingerprint density at radius 1 is 1.27 bits per heavy atom. The van der Waals surface area contributed by atoms with Crippen LogP contribution in [0.15, 0.2) is 23.2 Å². The van der Waals surface area contributed by atoms with Gasteiger partial charge in [0.05, 0.1) is 7.11 Å². The lowest BCUT2D eigenvalue weighted by atomic mass is 10.2. The predicted molar refractivity (Wildman–Crippen MR) is 108 cm³/mol. The third kappa shape index (κ3) is 8.81. The zero-order valence-corrected chi connectivity index (χ0v) is 17.9. The molecule has 0 radical (unpaired) electrons. The normalized spacial score (nSPS) is 11.6. The fraction of sp³-hybridized carbons (Fsp3) is 0.588. The van der Waals surface area contributed by atoms with E-state index in [0.29, 0.717) is 6.54 Å². The molecule has 0 heterocycles. The number of ether oxygens (including phenoxy) is 2. The summed E-state index contributed by atoms with van der Waals surface area (Å²) in [5.41, 5.74) is 0.848. The zero-order chi connectivity index (χ0) is 18.9. The number of alkyl halides is 3. The maximum absolute atomic E-state index is 12.3. The first-order chi connectivity index (χ1) is 11.8. The van der Waals surface area contributed by atoms with Gasteiger partial charge in [0.2, 0.25) is 0 Å². The van der Waals surface area contributed by atoms with E-state index in [1.54, 1.807) is 19.2 Å². The van der Waals surface area contributed by atoms with Gasteiger partial charge in [0.1, 0.15) is 0 Å². The monoisotopic (exact) mass is 489 g/mol. The van der Waals surface area contributed by atoms with Gasteiger partial charge in [0.15, 0.2) is 24.1 Å². The van der Waals surface area contributed by atoms with Crippen LogP contribution in [0, 0.1) is 0 Å². The number of nitrogens with zero attached hydrogens (tertiary/aromatic N) is 2. The first kappa shape index (κ1) is 24.6. The van der Waals surface area contributed by atoms with E-state index >= 15 is 0 Å². The Labute approximate surface area is 170 Å². The molecule has 0 atom stereocenters. The van der Waals surface area contributed by atoms with Crippen molar-refractivity contribution in [2.75, 3.05) is 34.4 Å². The first-order valence-corrected chi connectivity index (χ1v) is 8.09. The molecule has 1 N–H and O–H groups in total. The number of halogens is 4. The molecule has 0 saturated heterocycles. The molecule has 0 aromatic heterocycles. The van der Waals surface area contributed by atoms with Crippen LogP contribution in [0.1, 0.15) is 25.3 Å². The molecule has 0 amide bonds. The van der Waals surface area contributed by atoms with E-state index in [1.165, 1.54) is 13.2 Å². The molecule has 1 rings (SSSR count). The van der Waals surface area contributed by atoms with E-state index in [-0.39, 0.29) is 35.5 Å². The molecule has 0 bridgehead atoms. The van der Waals surface area contributed by atoms with Gasteiger partial charge in [-0.2, -0.15) is 13.2 Å². The van der Waals surface area contributed by atoms with E-state index in [1.807, 2.05) is 11.9 Å². The van der Waals surface area contributed by atoms with E-state index in [9.17, 15) is 13.2 Å². The lowest BCUT2D eigenvalue weighted by Gasteiger charge is -2.22. The van der Waals surface area contributed by atoms with Gasteiger partial charge in [-0.15, -0.1) is 24.0 Å². The highest BCUT2D eigenvalue weighted by Crippen LogP contribution is 2.29. The van der Waals surface area contributed by atoms with Crippen LogP contribution in [0.5, 0.6) is 11.5 Å². The van der Waals surface area contributed by atoms with Crippen molar-refractivity contribution in [1.82, 2.24) is 10.2 Å². The molecule has 0 fully saturated rings. The van der Waals surface area contributed by atoms with Crippen molar-refractivity contribution in [2.24, 2.45) is 4.99 Å². The summed E-state index contributed by atoms with van der Waals surface area (Å²) in [6, 6.07) is 4.82. The third-order valence-corrected chi connectivity index (χ3v) is 3.49. The van der Waals surface area contributed by atoms with Crippen LogP contribution in [0.25, 0.3) is 0 Å². The summed E-state index contributed by atoms with van der Waals surface area (Å²) in [4.78, 5) is 6.25. The van der Waals surface area contributed by atoms with Gasteiger partial charge >= 0.3 is 6.18 Å². The van der Waals surface area contributed by atoms with Crippen molar-refractivity contribution in [1.29, 1.82) is 0 Å². The van der Waals surface area contributed by atoms with Crippen molar-refractivity contribution < 1.29 is 22.6 Å². The molecule has 0 saturated carbocycles. The lowest BCUT2D eigenvalue weighted by Crippen LogP contribution is -2.38. The summed E-state index contributed by atoms with van der Waals surface area (Å²) in [5, 5.41) is 3.22. The third-order valence-electron chi connectivity index (χ3n) is 3.49. The van der Waals surface area contributed by atoms with Gasteiger partial charge in [-0.1, -0.05) is 19.4 Å². The van der Waals surface area contributed by atoms with Crippen molar-refractivity contribution in [3.05, 3.63) is 23.8 Å². The standard InChI is InChI=1S/C17H26F3N3O2.HI/c1-5-6-9-23(3)16(21-2)22-11-13-7-8-14(15(10-13)24-4)25-12-17(18,19)20;/h7-8,10H,5-6,9,11-12H2,1-4H3,(H,21,22);1H. The smallest absolute Gasteiger partial charge is 0.422 e. The molecule has 0 aliphatic rings. The average molecular weight is 489 g/mol. The maximum atomic E-state index is 12.3. The van der Waals surface area contributed by atoms with Gasteiger partial charge in [0, 0.05) is 27.2 Å². The molecule has 0 aliphatic carbocycles. The number of rotatable bonds is 8. The van der Waals surface area contributed by atoms with Crippen LogP contribution in [0.2, 0.25) is 0 Å². The van der Waals surface area contributed by atoms with E-state index in [4.69, 9.17) is 9.47 Å². The molecule has 5 nitrogen and oxygen atoms in total. The SMILES string of the molecule is CCCCN(C)C(=NC)NCc1ccc(OCC(F)(F)F)c(OC)c1.I. The zero-order valence-electron chi connectivity index (χ0n) is 15.5. The van der Waals surface area contributed by atoms with Gasteiger partial charge in [-0.05, 0) is 24.1 Å². The lowest BCUT2D eigenvalue weighted by molar-refractivity contribution is -0.153. The van der Waals surface area contributed by atoms with Gasteiger partial charge < -0.3 is 19.7 Å². The minimum absolute atomic E-state index is 0. The molecule has 0 unspecified atom stereocenters. The number of guanidine groups is 1. The second-order valence-corrected chi connectivity index (χ2v) is 5.56. The fourth-order valence-corrected chi connectivity index (χ4v) is 2.17. The summed E-state index contributed by atoms with van der Waals surface area (Å²) in [7, 11) is 5.06. The topological polar surface area (TPSA) is 46.1 Å². The molecule has 26 heavy (non-hydrogen) atoms. The Balaban J connectivity index is 0.00000625. The minimum atomic E-state index is -4.39. The van der Waals surface area contributed by atoms with Crippen LogP contribution in [-0.2, 0) is 6.54 Å². The molecule has 9 heteroatoms. The Bertz CT molecular complexity index is 569. The molecular formula is C17H27F3IN3O2. The summed E-state index contributed by atoms with van der Waals surface area (Å²) in [5.74, 6) is 1.08. The van der Waals surface area contributed by atoms with Gasteiger partial charge in [0.25, 0.3) is 0 Å². The fourth-order valence-electron chi connectivity index (χ4n) is 2.17. The van der Waals surface area contributed by atoms with Crippen LogP contribution in [0.4, 0.5) is 13.2 Å². The van der Waals surface area contributed by atoms with Gasteiger partial charge in [-0.3, -0.25) is 4.99 Å². The number of hydrogen-bond acceptors (Lipinski definition) is 3. The number of aliphatic imine (C=N–C) groups is 1. The van der Waals surface area contributed by atoms with Crippen LogP contribution < -0.4 is 14.8 Å². The second-order valence-electron chi connectivity index (χ2n) is 5.56. The molecular weight excluding hydrogens is 462 g/mol. The highest BCUT2D eigenvalue weighted by Gasteiger charge is 2.29. The highest BCUT2D eigenvalue weighted by molar-refractivity contribution is 14.0. The van der Waals surface area contributed by atoms with Crippen molar-refractivity contribution >= 4 is 29.9 Å². The van der Waals surface area contributed by atoms with Crippen LogP contribution in [0.3, 0.4) is 0 Å². The Kier molecular flexibility index (Phi) is 11.4. The van der Waals surface area contributed by atoms with Crippen LogP contribution >= 0.6 is 24.0 Å². The predicted octanol–water partition coefficient (Wildman–Crippen LogP) is 4.06. The molecule has 1 aromatic rings. The molecule has 0 spiro atoms. The molecule has 1 aromatic carbocycles. The molecule has 0 aliphatic heterocycles. The quantitative estimate of drug-likeness (QED) is 0.340.